The van der Waals surface area contributed by atoms with Crippen LogP contribution in [0.2, 0.25) is 0 Å². The van der Waals surface area contributed by atoms with Crippen LogP contribution in [0.5, 0.6) is 0 Å². The van der Waals surface area contributed by atoms with Gasteiger partial charge in [0, 0.05) is 6.04 Å². The molecule has 2 atom stereocenters. The summed E-state index contributed by atoms with van der Waals surface area (Å²) in [6.07, 6.45) is 3.08. The summed E-state index contributed by atoms with van der Waals surface area (Å²) in [7, 11) is 0. The van der Waals surface area contributed by atoms with E-state index in [1.807, 2.05) is 24.8 Å². The average molecular weight is 304 g/mol. The van der Waals surface area contributed by atoms with Crippen LogP contribution in [0.15, 0.2) is 30.3 Å². The first kappa shape index (κ1) is 14.9. The number of carbonyl (C=O) groups is 1. The predicted octanol–water partition coefficient (Wildman–Crippen LogP) is 3.18. The van der Waals surface area contributed by atoms with E-state index in [0.717, 1.165) is 19.3 Å². The molecule has 21 heavy (non-hydrogen) atoms. The van der Waals surface area contributed by atoms with Gasteiger partial charge in [-0.1, -0.05) is 37.3 Å². The molecule has 1 N–H and O–H groups in total. The molecule has 0 spiro atoms. The Morgan fingerprint density at radius 1 is 1.29 bits per heavy atom. The smallest absolute Gasteiger partial charge is 0.244 e. The van der Waals surface area contributed by atoms with Crippen LogP contribution in [0.3, 0.4) is 0 Å². The highest BCUT2D eigenvalue weighted by molar-refractivity contribution is 7.99. The van der Waals surface area contributed by atoms with Gasteiger partial charge in [0.1, 0.15) is 6.17 Å². The number of amides is 1. The van der Waals surface area contributed by atoms with E-state index in [-0.39, 0.29) is 12.1 Å². The number of carbonyl (C=O) groups excluding carboxylic acids is 1. The summed E-state index contributed by atoms with van der Waals surface area (Å²) in [4.78, 5) is 15.1. The van der Waals surface area contributed by atoms with Crippen LogP contribution in [-0.4, -0.2) is 33.9 Å². The maximum Gasteiger partial charge on any atom is 0.244 e. The van der Waals surface area contributed by atoms with Crippen molar-refractivity contribution in [2.45, 2.75) is 50.9 Å². The average Bonchev–Trinajstić information content (AvgIpc) is 2.82. The van der Waals surface area contributed by atoms with E-state index in [2.05, 4.69) is 41.4 Å². The molecule has 1 aromatic rings. The summed E-state index contributed by atoms with van der Waals surface area (Å²) in [6.45, 7) is 4.13. The summed E-state index contributed by atoms with van der Waals surface area (Å²) in [6, 6.07) is 10.8. The van der Waals surface area contributed by atoms with Gasteiger partial charge in [0.25, 0.3) is 0 Å². The van der Waals surface area contributed by atoms with Crippen molar-refractivity contribution in [2.24, 2.45) is 0 Å². The number of nitrogens with zero attached hydrogens (tertiary/aromatic N) is 1. The van der Waals surface area contributed by atoms with E-state index in [0.29, 0.717) is 6.04 Å². The molecule has 0 saturated carbocycles. The molecule has 0 aliphatic carbocycles. The minimum Gasteiger partial charge on any atom is -0.318 e. The molecule has 2 aliphatic heterocycles. The summed E-state index contributed by atoms with van der Waals surface area (Å²) < 4.78 is 0. The van der Waals surface area contributed by atoms with Crippen LogP contribution in [0.25, 0.3) is 0 Å². The molecule has 2 saturated heterocycles. The molecule has 3 rings (SSSR count). The quantitative estimate of drug-likeness (QED) is 0.931. The molecular formula is C17H24N2OS. The van der Waals surface area contributed by atoms with Crippen molar-refractivity contribution < 1.29 is 4.79 Å². The summed E-state index contributed by atoms with van der Waals surface area (Å²) in [5, 5.41) is 3.60. The molecule has 0 aromatic heterocycles. The second kappa shape index (κ2) is 6.01. The van der Waals surface area contributed by atoms with Crippen molar-refractivity contribution in [3.05, 3.63) is 35.9 Å². The van der Waals surface area contributed by atoms with E-state index >= 15 is 0 Å². The molecule has 1 amide bonds. The first-order valence-corrected chi connectivity index (χ1v) is 9.04. The van der Waals surface area contributed by atoms with Crippen molar-refractivity contribution in [2.75, 3.05) is 11.5 Å². The van der Waals surface area contributed by atoms with Crippen molar-refractivity contribution in [3.63, 3.8) is 0 Å². The van der Waals surface area contributed by atoms with Crippen molar-refractivity contribution in [1.29, 1.82) is 0 Å². The summed E-state index contributed by atoms with van der Waals surface area (Å²) in [5.41, 5.74) is 0.770. The van der Waals surface area contributed by atoms with Gasteiger partial charge in [-0.3, -0.25) is 10.1 Å². The zero-order valence-corrected chi connectivity index (χ0v) is 13.7. The van der Waals surface area contributed by atoms with Crippen LogP contribution < -0.4 is 5.32 Å². The lowest BCUT2D eigenvalue weighted by molar-refractivity contribution is -0.135. The fraction of sp³-hybridized carbons (Fsp3) is 0.588. The SMILES string of the molecule is CCC1(C)NC(c2ccccc2)N(C2CCSCC2)C1=O. The van der Waals surface area contributed by atoms with Crippen molar-refractivity contribution >= 4 is 17.7 Å². The van der Waals surface area contributed by atoms with E-state index in [4.69, 9.17) is 0 Å². The standard InChI is InChI=1S/C17H24N2OS/c1-3-17(2)16(20)19(14-9-11-21-12-10-14)15(18-17)13-7-5-4-6-8-13/h4-8,14-15,18H,3,9-12H2,1-2H3. The summed E-state index contributed by atoms with van der Waals surface area (Å²) in [5.74, 6) is 2.60. The third-order valence-electron chi connectivity index (χ3n) is 4.85. The van der Waals surface area contributed by atoms with E-state index < -0.39 is 5.54 Å². The fourth-order valence-electron chi connectivity index (χ4n) is 3.31. The highest BCUT2D eigenvalue weighted by Gasteiger charge is 2.49. The van der Waals surface area contributed by atoms with Gasteiger partial charge in [-0.05, 0) is 43.3 Å². The number of thioether (sulfide) groups is 1. The van der Waals surface area contributed by atoms with Crippen molar-refractivity contribution in [1.82, 2.24) is 10.2 Å². The molecule has 114 valence electrons. The van der Waals surface area contributed by atoms with Gasteiger partial charge in [-0.25, -0.2) is 0 Å². The molecule has 3 nitrogen and oxygen atoms in total. The number of benzene rings is 1. The Bertz CT molecular complexity index is 501. The first-order valence-electron chi connectivity index (χ1n) is 7.89. The number of hydrogen-bond donors (Lipinski definition) is 1. The van der Waals surface area contributed by atoms with Gasteiger partial charge in [0.15, 0.2) is 0 Å². The number of rotatable bonds is 3. The maximum atomic E-state index is 13.0. The lowest BCUT2D eigenvalue weighted by Gasteiger charge is -2.35. The fourth-order valence-corrected chi connectivity index (χ4v) is 4.39. The van der Waals surface area contributed by atoms with E-state index in [1.165, 1.54) is 17.1 Å². The minimum atomic E-state index is -0.425. The largest absolute Gasteiger partial charge is 0.318 e. The Hall–Kier alpha value is -1.00. The lowest BCUT2D eigenvalue weighted by atomic mass is 9.98. The molecule has 2 fully saturated rings. The monoisotopic (exact) mass is 304 g/mol. The molecule has 2 heterocycles. The third-order valence-corrected chi connectivity index (χ3v) is 5.90. The van der Waals surface area contributed by atoms with Gasteiger partial charge in [0.2, 0.25) is 5.91 Å². The highest BCUT2D eigenvalue weighted by Crippen LogP contribution is 2.37. The van der Waals surface area contributed by atoms with Crippen LogP contribution in [0, 0.1) is 0 Å². The van der Waals surface area contributed by atoms with Crippen LogP contribution in [0.1, 0.15) is 44.8 Å². The minimum absolute atomic E-state index is 0.0248. The molecule has 4 heteroatoms. The Labute approximate surface area is 131 Å². The van der Waals surface area contributed by atoms with Crippen LogP contribution in [-0.2, 0) is 4.79 Å². The Kier molecular flexibility index (Phi) is 4.27. The molecular weight excluding hydrogens is 280 g/mol. The third kappa shape index (κ3) is 2.71. The van der Waals surface area contributed by atoms with Crippen LogP contribution in [0.4, 0.5) is 0 Å². The second-order valence-electron chi connectivity index (χ2n) is 6.20. The number of nitrogens with one attached hydrogen (secondary N) is 1. The van der Waals surface area contributed by atoms with E-state index in [1.54, 1.807) is 0 Å². The molecule has 0 radical (unpaired) electrons. The topological polar surface area (TPSA) is 32.3 Å². The van der Waals surface area contributed by atoms with Crippen molar-refractivity contribution in [3.8, 4) is 0 Å². The lowest BCUT2D eigenvalue weighted by Crippen LogP contribution is -2.45. The van der Waals surface area contributed by atoms with Gasteiger partial charge in [0.05, 0.1) is 5.54 Å². The summed E-state index contributed by atoms with van der Waals surface area (Å²) >= 11 is 2.00. The molecule has 0 bridgehead atoms. The Balaban J connectivity index is 1.93. The Morgan fingerprint density at radius 3 is 2.57 bits per heavy atom. The first-order chi connectivity index (χ1) is 10.2. The molecule has 2 aliphatic rings. The maximum absolute atomic E-state index is 13.0. The normalized spacial score (nSPS) is 30.9. The van der Waals surface area contributed by atoms with Gasteiger partial charge in [-0.2, -0.15) is 11.8 Å². The molecule has 2 unspecified atom stereocenters. The van der Waals surface area contributed by atoms with E-state index in [9.17, 15) is 4.79 Å². The predicted molar refractivity (Wildman–Crippen MR) is 88.2 cm³/mol. The van der Waals surface area contributed by atoms with Crippen LogP contribution >= 0.6 is 11.8 Å². The zero-order valence-electron chi connectivity index (χ0n) is 12.8. The zero-order chi connectivity index (χ0) is 14.9. The highest BCUT2D eigenvalue weighted by atomic mass is 32.2. The van der Waals surface area contributed by atoms with Gasteiger partial charge < -0.3 is 4.90 Å². The number of hydrogen-bond acceptors (Lipinski definition) is 3. The second-order valence-corrected chi connectivity index (χ2v) is 7.42. The van der Waals surface area contributed by atoms with Gasteiger partial charge in [-0.15, -0.1) is 0 Å². The van der Waals surface area contributed by atoms with Gasteiger partial charge >= 0.3 is 0 Å². The Morgan fingerprint density at radius 2 is 1.95 bits per heavy atom. The molecule has 1 aromatic carbocycles.